The first-order valence-electron chi connectivity index (χ1n) is 6.80. The highest BCUT2D eigenvalue weighted by molar-refractivity contribution is 5.80. The number of primary amides is 1. The zero-order chi connectivity index (χ0) is 14.6. The Morgan fingerprint density at radius 3 is 2.58 bits per heavy atom. The molecule has 0 bridgehead atoms. The Kier molecular flexibility index (Phi) is 5.17. The van der Waals surface area contributed by atoms with E-state index in [1.165, 1.54) is 4.90 Å². The van der Waals surface area contributed by atoms with Crippen LogP contribution in [0.25, 0.3) is 0 Å². The van der Waals surface area contributed by atoms with Gasteiger partial charge in [-0.1, -0.05) is 0 Å². The smallest absolute Gasteiger partial charge is 0.314 e. The molecule has 1 fully saturated rings. The normalized spacial score (nSPS) is 20.2. The van der Waals surface area contributed by atoms with E-state index in [2.05, 4.69) is 0 Å². The first-order valence-corrected chi connectivity index (χ1v) is 6.80. The Hall–Kier alpha value is -1.30. The summed E-state index contributed by atoms with van der Waals surface area (Å²) >= 11 is 0. The van der Waals surface area contributed by atoms with Crippen molar-refractivity contribution in [2.24, 2.45) is 11.7 Å². The number of nitrogens with zero attached hydrogens (tertiary/aromatic N) is 2. The van der Waals surface area contributed by atoms with Crippen LogP contribution in [0.3, 0.4) is 0 Å². The molecule has 3 N–H and O–H groups in total. The Bertz CT molecular complexity index is 339. The van der Waals surface area contributed by atoms with Gasteiger partial charge in [0.1, 0.15) is 0 Å². The van der Waals surface area contributed by atoms with Gasteiger partial charge in [0.05, 0.1) is 11.5 Å². The maximum atomic E-state index is 12.4. The molecule has 1 rings (SSSR count). The third-order valence-corrected chi connectivity index (χ3v) is 3.35. The minimum Gasteiger partial charge on any atom is -0.389 e. The second-order valence-electron chi connectivity index (χ2n) is 5.79. The van der Waals surface area contributed by atoms with Gasteiger partial charge in [-0.3, -0.25) is 4.79 Å². The van der Waals surface area contributed by atoms with Crippen LogP contribution in [0.2, 0.25) is 0 Å². The van der Waals surface area contributed by atoms with Crippen LogP contribution in [-0.4, -0.2) is 58.6 Å². The first-order chi connectivity index (χ1) is 8.74. The van der Waals surface area contributed by atoms with Crippen molar-refractivity contribution in [2.45, 2.75) is 39.2 Å². The lowest BCUT2D eigenvalue weighted by Gasteiger charge is -2.35. The molecule has 6 nitrogen and oxygen atoms in total. The van der Waals surface area contributed by atoms with Crippen LogP contribution >= 0.6 is 0 Å². The zero-order valence-electron chi connectivity index (χ0n) is 12.1. The number of carbonyl (C=O) groups is 2. The van der Waals surface area contributed by atoms with Gasteiger partial charge in [-0.25, -0.2) is 4.79 Å². The predicted octanol–water partition coefficient (Wildman–Crippen LogP) is 0.397. The molecular weight excluding hydrogens is 246 g/mol. The molecule has 0 spiro atoms. The maximum Gasteiger partial charge on any atom is 0.314 e. The molecule has 1 saturated heterocycles. The van der Waals surface area contributed by atoms with Crippen LogP contribution in [0.1, 0.15) is 33.6 Å². The molecule has 1 atom stereocenters. The SMILES string of the molecule is CCN(CC(C)(C)O)C(=O)C1CCCN(C(N)=O)C1. The summed E-state index contributed by atoms with van der Waals surface area (Å²) in [5.41, 5.74) is 4.35. The van der Waals surface area contributed by atoms with E-state index in [1.807, 2.05) is 6.92 Å². The fourth-order valence-corrected chi connectivity index (χ4v) is 2.45. The first kappa shape index (κ1) is 15.8. The van der Waals surface area contributed by atoms with Gasteiger partial charge in [-0.05, 0) is 33.6 Å². The minimum absolute atomic E-state index is 0.00410. The largest absolute Gasteiger partial charge is 0.389 e. The molecule has 0 aromatic rings. The van der Waals surface area contributed by atoms with E-state index in [9.17, 15) is 14.7 Å². The summed E-state index contributed by atoms with van der Waals surface area (Å²) in [5, 5.41) is 9.83. The van der Waals surface area contributed by atoms with Gasteiger partial charge >= 0.3 is 6.03 Å². The quantitative estimate of drug-likeness (QED) is 0.775. The Labute approximate surface area is 114 Å². The van der Waals surface area contributed by atoms with Crippen molar-refractivity contribution in [3.63, 3.8) is 0 Å². The van der Waals surface area contributed by atoms with Crippen molar-refractivity contribution in [3.05, 3.63) is 0 Å². The molecule has 1 aliphatic rings. The highest BCUT2D eigenvalue weighted by atomic mass is 16.3. The van der Waals surface area contributed by atoms with Crippen molar-refractivity contribution in [1.82, 2.24) is 9.80 Å². The molecule has 1 unspecified atom stereocenters. The maximum absolute atomic E-state index is 12.4. The molecule has 0 radical (unpaired) electrons. The minimum atomic E-state index is -0.913. The summed E-state index contributed by atoms with van der Waals surface area (Å²) in [4.78, 5) is 26.8. The second-order valence-corrected chi connectivity index (χ2v) is 5.79. The number of urea groups is 1. The van der Waals surface area contributed by atoms with Gasteiger partial charge in [-0.2, -0.15) is 0 Å². The number of carbonyl (C=O) groups excluding carboxylic acids is 2. The van der Waals surface area contributed by atoms with Crippen LogP contribution in [-0.2, 0) is 4.79 Å². The molecule has 0 aliphatic carbocycles. The van der Waals surface area contributed by atoms with Gasteiger partial charge in [0.15, 0.2) is 0 Å². The standard InChI is InChI=1S/C13H25N3O3/c1-4-15(9-13(2,3)19)11(17)10-6-5-7-16(8-10)12(14)18/h10,19H,4-9H2,1-3H3,(H2,14,18). The third kappa shape index (κ3) is 4.70. The van der Waals surface area contributed by atoms with Crippen LogP contribution < -0.4 is 5.73 Å². The zero-order valence-corrected chi connectivity index (χ0v) is 12.1. The van der Waals surface area contributed by atoms with E-state index in [1.54, 1.807) is 18.7 Å². The van der Waals surface area contributed by atoms with Crippen molar-refractivity contribution < 1.29 is 14.7 Å². The molecule has 1 heterocycles. The average molecular weight is 271 g/mol. The van der Waals surface area contributed by atoms with Crippen LogP contribution in [0, 0.1) is 5.92 Å². The van der Waals surface area contributed by atoms with Crippen molar-refractivity contribution in [1.29, 1.82) is 0 Å². The highest BCUT2D eigenvalue weighted by Crippen LogP contribution is 2.19. The molecule has 1 aliphatic heterocycles. The van der Waals surface area contributed by atoms with Crippen molar-refractivity contribution in [3.8, 4) is 0 Å². The Balaban J connectivity index is 2.66. The van der Waals surface area contributed by atoms with Crippen LogP contribution in [0.15, 0.2) is 0 Å². The number of hydrogen-bond acceptors (Lipinski definition) is 3. The van der Waals surface area contributed by atoms with Crippen LogP contribution in [0.5, 0.6) is 0 Å². The van der Waals surface area contributed by atoms with E-state index in [-0.39, 0.29) is 11.8 Å². The monoisotopic (exact) mass is 271 g/mol. The number of aliphatic hydroxyl groups is 1. The highest BCUT2D eigenvalue weighted by Gasteiger charge is 2.31. The Morgan fingerprint density at radius 2 is 2.11 bits per heavy atom. The summed E-state index contributed by atoms with van der Waals surface area (Å²) in [6, 6.07) is -0.469. The molecule has 0 saturated carbocycles. The number of likely N-dealkylation sites (tertiary alicyclic amines) is 1. The van der Waals surface area contributed by atoms with Crippen LogP contribution in [0.4, 0.5) is 4.79 Å². The summed E-state index contributed by atoms with van der Waals surface area (Å²) in [6.07, 6.45) is 1.56. The number of piperidine rings is 1. The summed E-state index contributed by atoms with van der Waals surface area (Å²) in [5.74, 6) is -0.209. The third-order valence-electron chi connectivity index (χ3n) is 3.35. The van der Waals surface area contributed by atoms with E-state index in [0.29, 0.717) is 26.2 Å². The molecular formula is C13H25N3O3. The number of rotatable bonds is 4. The molecule has 3 amide bonds. The topological polar surface area (TPSA) is 86.9 Å². The predicted molar refractivity (Wildman–Crippen MR) is 72.4 cm³/mol. The fraction of sp³-hybridized carbons (Fsp3) is 0.846. The van der Waals surface area contributed by atoms with Gasteiger partial charge in [-0.15, -0.1) is 0 Å². The van der Waals surface area contributed by atoms with E-state index in [4.69, 9.17) is 5.73 Å². The van der Waals surface area contributed by atoms with Gasteiger partial charge in [0, 0.05) is 26.2 Å². The lowest BCUT2D eigenvalue weighted by Crippen LogP contribution is -2.50. The van der Waals surface area contributed by atoms with Crippen molar-refractivity contribution >= 4 is 11.9 Å². The number of nitrogens with two attached hydrogens (primary N) is 1. The van der Waals surface area contributed by atoms with E-state index in [0.717, 1.165) is 12.8 Å². The summed E-state index contributed by atoms with van der Waals surface area (Å²) < 4.78 is 0. The van der Waals surface area contributed by atoms with E-state index >= 15 is 0 Å². The van der Waals surface area contributed by atoms with Gasteiger partial charge in [0.2, 0.25) is 5.91 Å². The molecule has 110 valence electrons. The van der Waals surface area contributed by atoms with Gasteiger partial charge in [0.25, 0.3) is 0 Å². The summed E-state index contributed by atoms with van der Waals surface area (Å²) in [7, 11) is 0. The number of hydrogen-bond donors (Lipinski definition) is 2. The second kappa shape index (κ2) is 6.23. The average Bonchev–Trinajstić information content (AvgIpc) is 2.34. The lowest BCUT2D eigenvalue weighted by molar-refractivity contribution is -0.139. The fourth-order valence-electron chi connectivity index (χ4n) is 2.45. The summed E-state index contributed by atoms with van der Waals surface area (Å²) in [6.45, 7) is 7.11. The molecule has 0 aromatic carbocycles. The molecule has 6 heteroatoms. The van der Waals surface area contributed by atoms with Crippen molar-refractivity contribution in [2.75, 3.05) is 26.2 Å². The van der Waals surface area contributed by atoms with Gasteiger partial charge < -0.3 is 20.6 Å². The molecule has 0 aromatic heterocycles. The molecule has 19 heavy (non-hydrogen) atoms. The lowest BCUT2D eigenvalue weighted by atomic mass is 9.96. The van der Waals surface area contributed by atoms with E-state index < -0.39 is 11.6 Å². The number of likely N-dealkylation sites (N-methyl/N-ethyl adjacent to an activating group) is 1. The Morgan fingerprint density at radius 1 is 1.47 bits per heavy atom. The number of amides is 3.